The maximum atomic E-state index is 5.86. The van der Waals surface area contributed by atoms with Crippen molar-refractivity contribution >= 4 is 22.6 Å². The molecule has 1 aliphatic rings. The summed E-state index contributed by atoms with van der Waals surface area (Å²) in [5.41, 5.74) is 0. The highest BCUT2D eigenvalue weighted by Gasteiger charge is 2.15. The molecule has 106 valence electrons. The lowest BCUT2D eigenvalue weighted by Crippen LogP contribution is -2.24. The molecular formula is C15H27IO2. The highest BCUT2D eigenvalue weighted by Crippen LogP contribution is 2.19. The summed E-state index contributed by atoms with van der Waals surface area (Å²) in [4.78, 5) is 0. The molecule has 2 nitrogen and oxygen atoms in total. The molecule has 3 heteroatoms. The number of hydrogen-bond donors (Lipinski definition) is 0. The predicted octanol–water partition coefficient (Wildman–Crippen LogP) is 5.21. The van der Waals surface area contributed by atoms with E-state index in [9.17, 15) is 0 Å². The van der Waals surface area contributed by atoms with Gasteiger partial charge in [0, 0.05) is 6.61 Å². The van der Waals surface area contributed by atoms with Gasteiger partial charge in [-0.3, -0.25) is 0 Å². The van der Waals surface area contributed by atoms with Crippen LogP contribution < -0.4 is 0 Å². The van der Waals surface area contributed by atoms with Gasteiger partial charge in [0.15, 0.2) is 3.77 Å². The van der Waals surface area contributed by atoms with E-state index in [1.165, 1.54) is 38.5 Å². The number of unbranched alkanes of at least 4 members (excludes halogenated alkanes) is 6. The number of hydrogen-bond acceptors (Lipinski definition) is 2. The maximum absolute atomic E-state index is 5.86. The quantitative estimate of drug-likeness (QED) is 0.317. The molecule has 1 fully saturated rings. The second-order valence-electron chi connectivity index (χ2n) is 5.02. The Balaban J connectivity index is 1.99. The molecule has 0 aliphatic carbocycles. The first kappa shape index (κ1) is 16.3. The van der Waals surface area contributed by atoms with E-state index < -0.39 is 0 Å². The zero-order chi connectivity index (χ0) is 13.1. The third kappa shape index (κ3) is 8.35. The van der Waals surface area contributed by atoms with Gasteiger partial charge in [0.05, 0.1) is 6.61 Å². The fraction of sp³-hybridized carbons (Fsp3) is 0.867. The third-order valence-electron chi connectivity index (χ3n) is 3.26. The zero-order valence-corrected chi connectivity index (χ0v) is 13.8. The summed E-state index contributed by atoms with van der Waals surface area (Å²) in [5.74, 6) is 0. The van der Waals surface area contributed by atoms with E-state index in [0.29, 0.717) is 0 Å². The van der Waals surface area contributed by atoms with Crippen LogP contribution >= 0.6 is 22.6 Å². The average molecular weight is 366 g/mol. The van der Waals surface area contributed by atoms with Crippen LogP contribution in [0.1, 0.15) is 64.7 Å². The lowest BCUT2D eigenvalue weighted by atomic mass is 10.1. The van der Waals surface area contributed by atoms with Crippen LogP contribution in [0.5, 0.6) is 0 Å². The van der Waals surface area contributed by atoms with Gasteiger partial charge in [-0.1, -0.05) is 39.0 Å². The summed E-state index contributed by atoms with van der Waals surface area (Å²) in [6.45, 7) is 3.92. The van der Waals surface area contributed by atoms with Crippen LogP contribution in [0.25, 0.3) is 0 Å². The van der Waals surface area contributed by atoms with Crippen molar-refractivity contribution in [2.45, 2.75) is 70.8 Å². The van der Waals surface area contributed by atoms with Gasteiger partial charge in [-0.25, -0.2) is 0 Å². The highest BCUT2D eigenvalue weighted by molar-refractivity contribution is 14.1. The minimum Gasteiger partial charge on any atom is -0.482 e. The summed E-state index contributed by atoms with van der Waals surface area (Å²) in [7, 11) is 0. The van der Waals surface area contributed by atoms with Crippen LogP contribution in [0.15, 0.2) is 9.84 Å². The first-order chi connectivity index (χ1) is 8.83. The van der Waals surface area contributed by atoms with Crippen LogP contribution in [0.4, 0.5) is 0 Å². The Bertz CT molecular complexity index is 223. The van der Waals surface area contributed by atoms with Crippen molar-refractivity contribution in [3.8, 4) is 0 Å². The van der Waals surface area contributed by atoms with Crippen molar-refractivity contribution in [3.05, 3.63) is 9.84 Å². The van der Waals surface area contributed by atoms with Gasteiger partial charge in [-0.15, -0.1) is 0 Å². The Labute approximate surface area is 126 Å². The summed E-state index contributed by atoms with van der Waals surface area (Å²) >= 11 is 2.30. The Kier molecular flexibility index (Phi) is 10.0. The number of rotatable bonds is 9. The lowest BCUT2D eigenvalue weighted by Gasteiger charge is -2.22. The smallest absolute Gasteiger partial charge is 0.153 e. The zero-order valence-electron chi connectivity index (χ0n) is 11.6. The lowest BCUT2D eigenvalue weighted by molar-refractivity contribution is -0.0148. The SMILES string of the molecule is CCCCCCCCC=C(I)OC1CCCOC1. The van der Waals surface area contributed by atoms with E-state index in [-0.39, 0.29) is 6.10 Å². The molecule has 0 spiro atoms. The Morgan fingerprint density at radius 1 is 1.28 bits per heavy atom. The highest BCUT2D eigenvalue weighted by atomic mass is 127. The average Bonchev–Trinajstić information content (AvgIpc) is 2.39. The summed E-state index contributed by atoms with van der Waals surface area (Å²) in [6.07, 6.45) is 14.1. The Morgan fingerprint density at radius 2 is 2.06 bits per heavy atom. The molecule has 0 aromatic heterocycles. The van der Waals surface area contributed by atoms with E-state index in [1.54, 1.807) is 0 Å². The minimum atomic E-state index is 0.284. The maximum Gasteiger partial charge on any atom is 0.153 e. The second kappa shape index (κ2) is 11.1. The van der Waals surface area contributed by atoms with E-state index in [0.717, 1.165) is 36.2 Å². The van der Waals surface area contributed by atoms with Gasteiger partial charge in [0.25, 0.3) is 0 Å². The fourth-order valence-corrected chi connectivity index (χ4v) is 2.82. The molecule has 0 aromatic carbocycles. The van der Waals surface area contributed by atoms with Crippen LogP contribution in [-0.4, -0.2) is 19.3 Å². The summed E-state index contributed by atoms with van der Waals surface area (Å²) < 4.78 is 12.3. The van der Waals surface area contributed by atoms with Gasteiger partial charge in [-0.2, -0.15) is 0 Å². The molecule has 1 rings (SSSR count). The number of ether oxygens (including phenoxy) is 2. The van der Waals surface area contributed by atoms with Crippen molar-refractivity contribution in [1.82, 2.24) is 0 Å². The molecule has 1 heterocycles. The number of allylic oxidation sites excluding steroid dienone is 1. The molecular weight excluding hydrogens is 339 g/mol. The molecule has 0 aromatic rings. The molecule has 1 aliphatic heterocycles. The van der Waals surface area contributed by atoms with Gasteiger partial charge in [-0.05, 0) is 54.4 Å². The normalized spacial score (nSPS) is 21.0. The summed E-state index contributed by atoms with van der Waals surface area (Å²) in [5, 5.41) is 0. The largest absolute Gasteiger partial charge is 0.482 e. The molecule has 0 N–H and O–H groups in total. The van der Waals surface area contributed by atoms with Crippen molar-refractivity contribution in [1.29, 1.82) is 0 Å². The van der Waals surface area contributed by atoms with Crippen LogP contribution in [0.3, 0.4) is 0 Å². The third-order valence-corrected chi connectivity index (χ3v) is 3.95. The molecule has 0 radical (unpaired) electrons. The monoisotopic (exact) mass is 366 g/mol. The molecule has 0 saturated carbocycles. The van der Waals surface area contributed by atoms with E-state index >= 15 is 0 Å². The van der Waals surface area contributed by atoms with Gasteiger partial charge in [0.1, 0.15) is 6.10 Å². The van der Waals surface area contributed by atoms with Crippen molar-refractivity contribution in [3.63, 3.8) is 0 Å². The Morgan fingerprint density at radius 3 is 2.78 bits per heavy atom. The first-order valence-corrected chi connectivity index (χ1v) is 8.51. The summed E-state index contributed by atoms with van der Waals surface area (Å²) in [6, 6.07) is 0. The predicted molar refractivity (Wildman–Crippen MR) is 85.0 cm³/mol. The molecule has 1 unspecified atom stereocenters. The first-order valence-electron chi connectivity index (χ1n) is 7.43. The van der Waals surface area contributed by atoms with Crippen molar-refractivity contribution < 1.29 is 9.47 Å². The van der Waals surface area contributed by atoms with Crippen LogP contribution in [0, 0.1) is 0 Å². The van der Waals surface area contributed by atoms with Gasteiger partial charge >= 0.3 is 0 Å². The molecule has 18 heavy (non-hydrogen) atoms. The van der Waals surface area contributed by atoms with E-state index in [1.807, 2.05) is 0 Å². The van der Waals surface area contributed by atoms with E-state index in [2.05, 4.69) is 35.6 Å². The van der Waals surface area contributed by atoms with Crippen LogP contribution in [-0.2, 0) is 9.47 Å². The van der Waals surface area contributed by atoms with Crippen molar-refractivity contribution in [2.75, 3.05) is 13.2 Å². The van der Waals surface area contributed by atoms with E-state index in [4.69, 9.17) is 9.47 Å². The minimum absolute atomic E-state index is 0.284. The topological polar surface area (TPSA) is 18.5 Å². The second-order valence-corrected chi connectivity index (χ2v) is 6.08. The van der Waals surface area contributed by atoms with Crippen LogP contribution in [0.2, 0.25) is 0 Å². The number of halogens is 1. The van der Waals surface area contributed by atoms with Gasteiger partial charge in [0.2, 0.25) is 0 Å². The van der Waals surface area contributed by atoms with Gasteiger partial charge < -0.3 is 9.47 Å². The molecule has 0 bridgehead atoms. The fourth-order valence-electron chi connectivity index (χ4n) is 2.15. The molecule has 1 atom stereocenters. The van der Waals surface area contributed by atoms with Crippen molar-refractivity contribution in [2.24, 2.45) is 0 Å². The molecule has 0 amide bonds. The Hall–Kier alpha value is 0.230. The molecule has 1 saturated heterocycles. The standard InChI is InChI=1S/C15H27IO2/c1-2-3-4-5-6-7-8-11-15(16)18-14-10-9-12-17-13-14/h11,14H,2-10,12-13H2,1H3.